The zero-order chi connectivity index (χ0) is 13.8. The third-order valence-corrected chi connectivity index (χ3v) is 2.65. The molecule has 0 atom stereocenters. The number of carbonyl (C=O) groups is 1. The average molecular weight is 263 g/mol. The molecule has 0 unspecified atom stereocenters. The van der Waals surface area contributed by atoms with E-state index in [1.807, 2.05) is 0 Å². The van der Waals surface area contributed by atoms with Gasteiger partial charge in [-0.3, -0.25) is 0 Å². The van der Waals surface area contributed by atoms with Crippen LogP contribution in [-0.4, -0.2) is 37.6 Å². The number of H-pyrrole nitrogens is 1. The van der Waals surface area contributed by atoms with Gasteiger partial charge in [-0.05, 0) is 24.6 Å². The molecule has 2 aromatic rings. The summed E-state index contributed by atoms with van der Waals surface area (Å²) in [5.74, 6) is -0.600. The lowest BCUT2D eigenvalue weighted by molar-refractivity contribution is 0.0697. The van der Waals surface area contributed by atoms with Crippen molar-refractivity contribution in [3.8, 4) is 5.69 Å². The number of nitrogens with zero attached hydrogens (tertiary/aromatic N) is 2. The van der Waals surface area contributed by atoms with Gasteiger partial charge in [0, 0.05) is 13.0 Å². The number of hydrogen-bond donors (Lipinski definition) is 3. The number of aliphatic hydroxyl groups excluding tert-OH is 1. The zero-order valence-electron chi connectivity index (χ0n) is 10.0. The van der Waals surface area contributed by atoms with E-state index in [1.165, 1.54) is 16.7 Å². The van der Waals surface area contributed by atoms with E-state index in [0.717, 1.165) is 0 Å². The lowest BCUT2D eigenvalue weighted by Gasteiger charge is -2.06. The molecule has 19 heavy (non-hydrogen) atoms. The first-order chi connectivity index (χ1) is 9.13. The minimum Gasteiger partial charge on any atom is -0.478 e. The van der Waals surface area contributed by atoms with E-state index in [1.54, 1.807) is 12.1 Å². The van der Waals surface area contributed by atoms with Crippen LogP contribution in [0.2, 0.25) is 0 Å². The number of aromatic nitrogens is 3. The molecule has 7 heteroatoms. The van der Waals surface area contributed by atoms with Crippen molar-refractivity contribution in [3.05, 3.63) is 46.1 Å². The summed E-state index contributed by atoms with van der Waals surface area (Å²) < 4.78 is 1.31. The summed E-state index contributed by atoms with van der Waals surface area (Å²) in [6.45, 7) is -0.00375. The summed E-state index contributed by atoms with van der Waals surface area (Å²) in [5, 5.41) is 23.9. The highest BCUT2D eigenvalue weighted by atomic mass is 16.4. The van der Waals surface area contributed by atoms with Gasteiger partial charge in [0.05, 0.1) is 11.3 Å². The Morgan fingerprint density at radius 1 is 1.42 bits per heavy atom. The van der Waals surface area contributed by atoms with Crippen LogP contribution in [0, 0.1) is 0 Å². The van der Waals surface area contributed by atoms with Gasteiger partial charge in [-0.25, -0.2) is 19.3 Å². The van der Waals surface area contributed by atoms with Crippen molar-refractivity contribution in [2.24, 2.45) is 0 Å². The minimum absolute atomic E-state index is 0.00375. The first-order valence-corrected chi connectivity index (χ1v) is 5.74. The Hall–Kier alpha value is -2.41. The van der Waals surface area contributed by atoms with E-state index in [4.69, 9.17) is 10.2 Å². The number of hydrogen-bond acceptors (Lipinski definition) is 4. The maximum atomic E-state index is 11.7. The van der Waals surface area contributed by atoms with Gasteiger partial charge in [-0.2, -0.15) is 5.10 Å². The maximum Gasteiger partial charge on any atom is 0.347 e. The van der Waals surface area contributed by atoms with E-state index < -0.39 is 11.7 Å². The van der Waals surface area contributed by atoms with E-state index in [2.05, 4.69) is 10.2 Å². The van der Waals surface area contributed by atoms with Crippen LogP contribution >= 0.6 is 0 Å². The fourth-order valence-electron chi connectivity index (χ4n) is 1.78. The molecule has 0 saturated carbocycles. The Balaban J connectivity index is 2.46. The van der Waals surface area contributed by atoms with Gasteiger partial charge in [0.25, 0.3) is 0 Å². The van der Waals surface area contributed by atoms with Crippen molar-refractivity contribution < 1.29 is 15.0 Å². The molecule has 0 spiro atoms. The molecule has 2 rings (SSSR count). The van der Waals surface area contributed by atoms with Crippen LogP contribution in [0.3, 0.4) is 0 Å². The highest BCUT2D eigenvalue weighted by Crippen LogP contribution is 2.11. The molecule has 0 aliphatic heterocycles. The van der Waals surface area contributed by atoms with E-state index >= 15 is 0 Å². The summed E-state index contributed by atoms with van der Waals surface area (Å²) in [5.41, 5.74) is 0.0979. The number of aryl methyl sites for hydroxylation is 1. The topological polar surface area (TPSA) is 108 Å². The number of benzene rings is 1. The molecule has 0 aliphatic carbocycles. The molecule has 1 aromatic heterocycles. The number of nitrogens with one attached hydrogen (secondary N) is 1. The van der Waals surface area contributed by atoms with Crippen molar-refractivity contribution in [2.45, 2.75) is 12.8 Å². The van der Waals surface area contributed by atoms with Crippen LogP contribution in [0.25, 0.3) is 5.69 Å². The largest absolute Gasteiger partial charge is 0.478 e. The van der Waals surface area contributed by atoms with Crippen molar-refractivity contribution in [3.63, 3.8) is 0 Å². The molecule has 0 amide bonds. The minimum atomic E-state index is -1.06. The third-order valence-electron chi connectivity index (χ3n) is 2.65. The maximum absolute atomic E-state index is 11.7. The lowest BCUT2D eigenvalue weighted by Crippen LogP contribution is -2.17. The smallest absolute Gasteiger partial charge is 0.347 e. The average Bonchev–Trinajstić information content (AvgIpc) is 2.77. The second-order valence-electron chi connectivity index (χ2n) is 3.96. The monoisotopic (exact) mass is 263 g/mol. The highest BCUT2D eigenvalue weighted by Gasteiger charge is 2.11. The van der Waals surface area contributed by atoms with Gasteiger partial charge in [0.1, 0.15) is 5.82 Å². The molecule has 0 radical (unpaired) electrons. The third kappa shape index (κ3) is 2.71. The van der Waals surface area contributed by atoms with Gasteiger partial charge in [-0.1, -0.05) is 6.07 Å². The Morgan fingerprint density at radius 2 is 2.21 bits per heavy atom. The van der Waals surface area contributed by atoms with Crippen molar-refractivity contribution in [2.75, 3.05) is 6.61 Å². The SMILES string of the molecule is O=C(O)c1cccc(-n2c(CCCO)n[nH]c2=O)c1. The van der Waals surface area contributed by atoms with Gasteiger partial charge in [-0.15, -0.1) is 0 Å². The Kier molecular flexibility index (Phi) is 3.76. The Labute approximate surface area is 108 Å². The van der Waals surface area contributed by atoms with Crippen LogP contribution in [0.15, 0.2) is 29.1 Å². The Morgan fingerprint density at radius 3 is 2.89 bits per heavy atom. The quantitative estimate of drug-likeness (QED) is 0.713. The van der Waals surface area contributed by atoms with Crippen LogP contribution in [0.5, 0.6) is 0 Å². The molecule has 100 valence electrons. The summed E-state index contributed by atoms with van der Waals surface area (Å²) in [4.78, 5) is 22.6. The van der Waals surface area contributed by atoms with Gasteiger partial charge in [0.2, 0.25) is 0 Å². The Bertz CT molecular complexity index is 644. The number of rotatable bonds is 5. The number of aromatic carboxylic acids is 1. The number of carboxylic acid groups (broad SMARTS) is 1. The molecule has 1 heterocycles. The summed E-state index contributed by atoms with van der Waals surface area (Å²) in [6, 6.07) is 6.05. The van der Waals surface area contributed by atoms with Gasteiger partial charge in [0.15, 0.2) is 0 Å². The fraction of sp³-hybridized carbons (Fsp3) is 0.250. The van der Waals surface area contributed by atoms with Crippen LogP contribution in [0.4, 0.5) is 0 Å². The second-order valence-corrected chi connectivity index (χ2v) is 3.96. The van der Waals surface area contributed by atoms with Crippen LogP contribution in [0.1, 0.15) is 22.6 Å². The number of aliphatic hydroxyl groups is 1. The van der Waals surface area contributed by atoms with Gasteiger partial charge < -0.3 is 10.2 Å². The molecule has 3 N–H and O–H groups in total. The van der Waals surface area contributed by atoms with Gasteiger partial charge >= 0.3 is 11.7 Å². The number of carboxylic acids is 1. The fourth-order valence-corrected chi connectivity index (χ4v) is 1.78. The van der Waals surface area contributed by atoms with E-state index in [9.17, 15) is 9.59 Å². The highest BCUT2D eigenvalue weighted by molar-refractivity contribution is 5.88. The molecule has 0 bridgehead atoms. The van der Waals surface area contributed by atoms with Crippen molar-refractivity contribution in [1.82, 2.24) is 14.8 Å². The molecule has 0 saturated heterocycles. The van der Waals surface area contributed by atoms with Crippen LogP contribution in [-0.2, 0) is 6.42 Å². The summed E-state index contributed by atoms with van der Waals surface area (Å²) in [6.07, 6.45) is 0.898. The zero-order valence-corrected chi connectivity index (χ0v) is 10.0. The molecule has 1 aromatic carbocycles. The van der Waals surface area contributed by atoms with Crippen molar-refractivity contribution >= 4 is 5.97 Å². The summed E-state index contributed by atoms with van der Waals surface area (Å²) in [7, 11) is 0. The van der Waals surface area contributed by atoms with E-state index in [0.29, 0.717) is 24.4 Å². The van der Waals surface area contributed by atoms with Crippen LogP contribution < -0.4 is 5.69 Å². The molecule has 0 fully saturated rings. The second kappa shape index (κ2) is 5.49. The standard InChI is InChI=1S/C12H13N3O4/c16-6-2-5-10-13-14-12(19)15(10)9-4-1-3-8(7-9)11(17)18/h1,3-4,7,16H,2,5-6H2,(H,14,19)(H,17,18). The first kappa shape index (κ1) is 13.0. The van der Waals surface area contributed by atoms with Crippen molar-refractivity contribution in [1.29, 1.82) is 0 Å². The molecule has 0 aliphatic rings. The predicted octanol–water partition coefficient (Wildman–Crippen LogP) is 0.184. The predicted molar refractivity (Wildman–Crippen MR) is 66.6 cm³/mol. The summed E-state index contributed by atoms with van der Waals surface area (Å²) >= 11 is 0. The normalized spacial score (nSPS) is 10.6. The van der Waals surface area contributed by atoms with E-state index in [-0.39, 0.29) is 12.2 Å². The molecular weight excluding hydrogens is 250 g/mol. The molecule has 7 nitrogen and oxygen atoms in total. The lowest BCUT2D eigenvalue weighted by atomic mass is 10.2. The number of aromatic amines is 1. The first-order valence-electron chi connectivity index (χ1n) is 5.74. The molecular formula is C12H13N3O4.